The summed E-state index contributed by atoms with van der Waals surface area (Å²) in [5.41, 5.74) is -0.844. The minimum Gasteiger partial charge on any atom is -0.481 e. The van der Waals surface area contributed by atoms with Gasteiger partial charge in [-0.1, -0.05) is 6.92 Å². The molecule has 0 bridgehead atoms. The Morgan fingerprint density at radius 2 is 2.08 bits per heavy atom. The van der Waals surface area contributed by atoms with Crippen LogP contribution < -0.4 is 0 Å². The van der Waals surface area contributed by atoms with E-state index in [1.165, 1.54) is 0 Å². The molecule has 0 saturated heterocycles. The summed E-state index contributed by atoms with van der Waals surface area (Å²) in [5.74, 6) is -0.834. The number of ether oxygens (including phenoxy) is 1. The van der Waals surface area contributed by atoms with Crippen LogP contribution in [0.1, 0.15) is 27.2 Å². The molecule has 1 unspecified atom stereocenters. The summed E-state index contributed by atoms with van der Waals surface area (Å²) in [7, 11) is 0. The number of hydrogen-bond acceptors (Lipinski definition) is 3. The first-order valence-corrected chi connectivity index (χ1v) is 4.33. The highest BCUT2D eigenvalue weighted by Crippen LogP contribution is 2.06. The van der Waals surface area contributed by atoms with Gasteiger partial charge in [0, 0.05) is 6.61 Å². The maximum atomic E-state index is 10.3. The second-order valence-corrected chi connectivity index (χ2v) is 4.03. The van der Waals surface area contributed by atoms with Crippen molar-refractivity contribution in [2.75, 3.05) is 13.2 Å². The topological polar surface area (TPSA) is 66.8 Å². The molecule has 1 atom stereocenters. The highest BCUT2D eigenvalue weighted by molar-refractivity contribution is 5.66. The fourth-order valence-corrected chi connectivity index (χ4v) is 0.867. The summed E-state index contributed by atoms with van der Waals surface area (Å²) in [4.78, 5) is 10.3. The lowest BCUT2D eigenvalue weighted by Crippen LogP contribution is -2.27. The predicted molar refractivity (Wildman–Crippen MR) is 48.5 cm³/mol. The van der Waals surface area contributed by atoms with Crippen molar-refractivity contribution < 1.29 is 19.7 Å². The molecule has 0 heterocycles. The van der Waals surface area contributed by atoms with Crippen LogP contribution in [0.2, 0.25) is 0 Å². The quantitative estimate of drug-likeness (QED) is 0.652. The van der Waals surface area contributed by atoms with Crippen LogP contribution in [0.15, 0.2) is 0 Å². The largest absolute Gasteiger partial charge is 0.481 e. The van der Waals surface area contributed by atoms with Gasteiger partial charge in [0.05, 0.1) is 18.6 Å². The zero-order valence-corrected chi connectivity index (χ0v) is 8.41. The molecule has 13 heavy (non-hydrogen) atoms. The molecular formula is C9H18O4. The van der Waals surface area contributed by atoms with Crippen molar-refractivity contribution in [3.63, 3.8) is 0 Å². The van der Waals surface area contributed by atoms with E-state index in [0.717, 1.165) is 0 Å². The van der Waals surface area contributed by atoms with Gasteiger partial charge < -0.3 is 14.9 Å². The summed E-state index contributed by atoms with van der Waals surface area (Å²) >= 11 is 0. The van der Waals surface area contributed by atoms with Crippen LogP contribution in [0.25, 0.3) is 0 Å². The number of aliphatic carboxylic acids is 1. The average Bonchev–Trinajstić information content (AvgIpc) is 1.81. The van der Waals surface area contributed by atoms with Crippen LogP contribution in [0, 0.1) is 5.92 Å². The molecule has 2 N–H and O–H groups in total. The molecule has 0 aromatic heterocycles. The van der Waals surface area contributed by atoms with Gasteiger partial charge in [0.1, 0.15) is 0 Å². The lowest BCUT2D eigenvalue weighted by molar-refractivity contribution is -0.138. The molecule has 0 fully saturated rings. The van der Waals surface area contributed by atoms with Gasteiger partial charge >= 0.3 is 5.97 Å². The van der Waals surface area contributed by atoms with Crippen molar-refractivity contribution in [3.05, 3.63) is 0 Å². The summed E-state index contributed by atoms with van der Waals surface area (Å²) < 4.78 is 5.15. The van der Waals surface area contributed by atoms with Gasteiger partial charge in [-0.25, -0.2) is 0 Å². The van der Waals surface area contributed by atoms with Crippen LogP contribution in [-0.4, -0.2) is 35.0 Å². The first kappa shape index (κ1) is 12.4. The Bertz CT molecular complexity index is 159. The summed E-state index contributed by atoms with van der Waals surface area (Å²) in [6, 6.07) is 0. The molecule has 0 rings (SSSR count). The first-order chi connectivity index (χ1) is 5.81. The monoisotopic (exact) mass is 190 g/mol. The third-order valence-corrected chi connectivity index (χ3v) is 1.38. The molecule has 4 nitrogen and oxygen atoms in total. The SMILES string of the molecule is CC(COCC(C)(C)O)CC(=O)O. The Hall–Kier alpha value is -0.610. The number of hydrogen-bond donors (Lipinski definition) is 2. The smallest absolute Gasteiger partial charge is 0.303 e. The predicted octanol–water partition coefficient (Wildman–Crippen LogP) is 0.885. The van der Waals surface area contributed by atoms with E-state index in [2.05, 4.69) is 0 Å². The van der Waals surface area contributed by atoms with Gasteiger partial charge in [-0.3, -0.25) is 4.79 Å². The van der Waals surface area contributed by atoms with E-state index in [-0.39, 0.29) is 18.9 Å². The van der Waals surface area contributed by atoms with Crippen LogP contribution in [0.4, 0.5) is 0 Å². The van der Waals surface area contributed by atoms with E-state index in [0.29, 0.717) is 6.61 Å². The number of rotatable bonds is 6. The number of carboxylic acids is 1. The van der Waals surface area contributed by atoms with Crippen molar-refractivity contribution in [3.8, 4) is 0 Å². The summed E-state index contributed by atoms with van der Waals surface area (Å²) in [6.07, 6.45) is 0.103. The minimum atomic E-state index is -0.844. The molecule has 0 radical (unpaired) electrons. The van der Waals surface area contributed by atoms with E-state index in [9.17, 15) is 9.90 Å². The second-order valence-electron chi connectivity index (χ2n) is 4.03. The Balaban J connectivity index is 3.48. The van der Waals surface area contributed by atoms with Crippen LogP contribution in [0.3, 0.4) is 0 Å². The van der Waals surface area contributed by atoms with E-state index in [4.69, 9.17) is 9.84 Å². The third-order valence-electron chi connectivity index (χ3n) is 1.38. The van der Waals surface area contributed by atoms with Crippen LogP contribution >= 0.6 is 0 Å². The Morgan fingerprint density at radius 1 is 1.54 bits per heavy atom. The highest BCUT2D eigenvalue weighted by Gasteiger charge is 2.14. The molecule has 0 aliphatic heterocycles. The Morgan fingerprint density at radius 3 is 2.46 bits per heavy atom. The molecule has 0 spiro atoms. The van der Waals surface area contributed by atoms with Gasteiger partial charge in [0.15, 0.2) is 0 Å². The van der Waals surface area contributed by atoms with Gasteiger partial charge in [-0.15, -0.1) is 0 Å². The molecule has 0 amide bonds. The van der Waals surface area contributed by atoms with Crippen molar-refractivity contribution in [1.29, 1.82) is 0 Å². The zero-order chi connectivity index (χ0) is 10.5. The molecule has 0 aromatic carbocycles. The highest BCUT2D eigenvalue weighted by atomic mass is 16.5. The number of aliphatic hydroxyl groups is 1. The van der Waals surface area contributed by atoms with Gasteiger partial charge in [-0.05, 0) is 19.8 Å². The molecule has 4 heteroatoms. The summed E-state index contributed by atoms with van der Waals surface area (Å²) in [6.45, 7) is 5.70. The fourth-order valence-electron chi connectivity index (χ4n) is 0.867. The van der Waals surface area contributed by atoms with Gasteiger partial charge in [0.25, 0.3) is 0 Å². The van der Waals surface area contributed by atoms with Crippen molar-refractivity contribution in [1.82, 2.24) is 0 Å². The van der Waals surface area contributed by atoms with Crippen molar-refractivity contribution >= 4 is 5.97 Å². The zero-order valence-electron chi connectivity index (χ0n) is 8.41. The first-order valence-electron chi connectivity index (χ1n) is 4.33. The second kappa shape index (κ2) is 5.19. The standard InChI is InChI=1S/C9H18O4/c1-7(4-8(10)11)5-13-6-9(2,3)12/h7,12H,4-6H2,1-3H3,(H,10,11). The molecule has 0 saturated carbocycles. The maximum absolute atomic E-state index is 10.3. The lowest BCUT2D eigenvalue weighted by atomic mass is 10.1. The van der Waals surface area contributed by atoms with Gasteiger partial charge in [0.2, 0.25) is 0 Å². The number of carbonyl (C=O) groups is 1. The van der Waals surface area contributed by atoms with Crippen LogP contribution in [0.5, 0.6) is 0 Å². The molecule has 0 aliphatic carbocycles. The molecule has 0 aromatic rings. The maximum Gasteiger partial charge on any atom is 0.303 e. The normalized spacial score (nSPS) is 14.2. The summed E-state index contributed by atoms with van der Waals surface area (Å²) in [5, 5.41) is 17.7. The van der Waals surface area contributed by atoms with Crippen LogP contribution in [-0.2, 0) is 9.53 Å². The van der Waals surface area contributed by atoms with E-state index in [1.54, 1.807) is 20.8 Å². The lowest BCUT2D eigenvalue weighted by Gasteiger charge is -2.18. The fraction of sp³-hybridized carbons (Fsp3) is 0.889. The molecular weight excluding hydrogens is 172 g/mol. The van der Waals surface area contributed by atoms with E-state index in [1.807, 2.05) is 0 Å². The average molecular weight is 190 g/mol. The molecule has 78 valence electrons. The minimum absolute atomic E-state index is 0.0140. The van der Waals surface area contributed by atoms with Crippen molar-refractivity contribution in [2.24, 2.45) is 5.92 Å². The number of carboxylic acid groups (broad SMARTS) is 1. The molecule has 0 aliphatic rings. The van der Waals surface area contributed by atoms with Gasteiger partial charge in [-0.2, -0.15) is 0 Å². The van der Waals surface area contributed by atoms with Crippen molar-refractivity contribution in [2.45, 2.75) is 32.8 Å². The third kappa shape index (κ3) is 9.30. The van der Waals surface area contributed by atoms with E-state index < -0.39 is 11.6 Å². The van der Waals surface area contributed by atoms with E-state index >= 15 is 0 Å². The Kier molecular flexibility index (Phi) is 4.95. The Labute approximate surface area is 78.5 Å².